The number of carbonyl (C=O) groups is 1. The van der Waals surface area contributed by atoms with Gasteiger partial charge in [-0.1, -0.05) is 17.7 Å². The maximum absolute atomic E-state index is 12.0. The number of nitrogens with one attached hydrogen (secondary N) is 1. The molecule has 0 fully saturated rings. The topological polar surface area (TPSA) is 72.9 Å². The molecular weight excluding hydrogens is 276 g/mol. The van der Waals surface area contributed by atoms with Gasteiger partial charge >= 0.3 is 0 Å². The summed E-state index contributed by atoms with van der Waals surface area (Å²) >= 11 is 6.08. The highest BCUT2D eigenvalue weighted by Gasteiger charge is 2.12. The van der Waals surface area contributed by atoms with Crippen molar-refractivity contribution in [3.05, 3.63) is 40.2 Å². The van der Waals surface area contributed by atoms with Gasteiger partial charge in [-0.25, -0.2) is 0 Å². The van der Waals surface area contributed by atoms with Gasteiger partial charge in [0, 0.05) is 0 Å². The van der Waals surface area contributed by atoms with Gasteiger partial charge in [-0.2, -0.15) is 5.10 Å². The lowest BCUT2D eigenvalue weighted by Crippen LogP contribution is -2.20. The Balaban J connectivity index is 2.11. The number of aryl methyl sites for hydroxylation is 2. The number of hydrogen-bond donors (Lipinski definition) is 2. The first-order valence-electron chi connectivity index (χ1n) is 6.24. The van der Waals surface area contributed by atoms with Gasteiger partial charge < -0.3 is 11.1 Å². The fraction of sp³-hybridized carbons (Fsp3) is 0.286. The van der Waals surface area contributed by atoms with Crippen LogP contribution in [-0.4, -0.2) is 15.7 Å². The number of hydrogen-bond acceptors (Lipinski definition) is 3. The van der Waals surface area contributed by atoms with Crippen molar-refractivity contribution in [2.75, 3.05) is 11.1 Å². The molecule has 2 aromatic rings. The highest BCUT2D eigenvalue weighted by Crippen LogP contribution is 2.23. The van der Waals surface area contributed by atoms with Crippen LogP contribution in [0.5, 0.6) is 0 Å². The van der Waals surface area contributed by atoms with Crippen molar-refractivity contribution in [2.24, 2.45) is 0 Å². The van der Waals surface area contributed by atoms with Gasteiger partial charge in [-0.15, -0.1) is 0 Å². The largest absolute Gasteiger partial charge is 0.396 e. The molecule has 0 aliphatic rings. The van der Waals surface area contributed by atoms with E-state index in [1.807, 2.05) is 26.8 Å². The molecule has 1 heterocycles. The molecule has 1 aromatic carbocycles. The molecule has 0 aliphatic heterocycles. The second-order valence-corrected chi connectivity index (χ2v) is 5.18. The summed E-state index contributed by atoms with van der Waals surface area (Å²) < 4.78 is 1.59. The van der Waals surface area contributed by atoms with Crippen LogP contribution < -0.4 is 11.1 Å². The molecule has 0 bridgehead atoms. The maximum Gasteiger partial charge on any atom is 0.246 e. The lowest BCUT2D eigenvalue weighted by atomic mass is 10.2. The van der Waals surface area contributed by atoms with Crippen LogP contribution in [-0.2, 0) is 11.3 Å². The lowest BCUT2D eigenvalue weighted by Gasteiger charge is -2.09. The number of aromatic nitrogens is 2. The zero-order valence-corrected chi connectivity index (χ0v) is 12.5. The Morgan fingerprint density at radius 2 is 2.10 bits per heavy atom. The predicted molar refractivity (Wildman–Crippen MR) is 80.9 cm³/mol. The summed E-state index contributed by atoms with van der Waals surface area (Å²) in [6, 6.07) is 5.48. The highest BCUT2D eigenvalue weighted by molar-refractivity contribution is 6.33. The summed E-state index contributed by atoms with van der Waals surface area (Å²) in [7, 11) is 0. The molecule has 6 heteroatoms. The molecule has 106 valence electrons. The van der Waals surface area contributed by atoms with Crippen molar-refractivity contribution in [3.8, 4) is 0 Å². The maximum atomic E-state index is 12.0. The normalized spacial score (nSPS) is 10.6. The van der Waals surface area contributed by atoms with E-state index < -0.39 is 0 Å². The van der Waals surface area contributed by atoms with Crippen LogP contribution in [0, 0.1) is 20.8 Å². The molecule has 20 heavy (non-hydrogen) atoms. The minimum absolute atomic E-state index is 0.105. The van der Waals surface area contributed by atoms with Gasteiger partial charge in [0.15, 0.2) is 0 Å². The average Bonchev–Trinajstić information content (AvgIpc) is 2.61. The molecule has 0 saturated carbocycles. The third kappa shape index (κ3) is 2.93. The van der Waals surface area contributed by atoms with Gasteiger partial charge in [0.05, 0.1) is 27.8 Å². The number of nitrogens with zero attached hydrogens (tertiary/aromatic N) is 2. The monoisotopic (exact) mass is 292 g/mol. The first-order valence-corrected chi connectivity index (χ1v) is 6.61. The smallest absolute Gasteiger partial charge is 0.246 e. The van der Waals surface area contributed by atoms with E-state index in [1.54, 1.807) is 16.8 Å². The van der Waals surface area contributed by atoms with E-state index in [2.05, 4.69) is 10.4 Å². The molecule has 0 saturated heterocycles. The molecule has 0 spiro atoms. The Bertz CT molecular complexity index is 663. The van der Waals surface area contributed by atoms with E-state index in [1.165, 1.54) is 0 Å². The molecule has 0 unspecified atom stereocenters. The van der Waals surface area contributed by atoms with Crippen LogP contribution in [0.4, 0.5) is 11.4 Å². The van der Waals surface area contributed by atoms with Gasteiger partial charge in [-0.05, 0) is 38.5 Å². The van der Waals surface area contributed by atoms with Crippen molar-refractivity contribution in [2.45, 2.75) is 27.3 Å². The van der Waals surface area contributed by atoms with Crippen molar-refractivity contribution < 1.29 is 4.79 Å². The molecule has 0 aliphatic carbocycles. The molecule has 0 atom stereocenters. The Morgan fingerprint density at radius 1 is 1.40 bits per heavy atom. The van der Waals surface area contributed by atoms with Gasteiger partial charge in [-0.3, -0.25) is 9.48 Å². The summed E-state index contributed by atoms with van der Waals surface area (Å²) in [5.74, 6) is -0.193. The van der Waals surface area contributed by atoms with E-state index in [0.717, 1.165) is 17.0 Å². The Hall–Kier alpha value is -2.01. The Labute approximate surface area is 122 Å². The number of nitrogen functional groups attached to an aromatic ring is 1. The first kappa shape index (κ1) is 14.4. The molecule has 1 amide bonds. The second-order valence-electron chi connectivity index (χ2n) is 4.77. The Morgan fingerprint density at radius 3 is 2.65 bits per heavy atom. The van der Waals surface area contributed by atoms with E-state index in [-0.39, 0.29) is 12.5 Å². The summed E-state index contributed by atoms with van der Waals surface area (Å²) in [6.07, 6.45) is 0. The quantitative estimate of drug-likeness (QED) is 0.913. The second kappa shape index (κ2) is 5.54. The number of nitrogens with two attached hydrogens (primary N) is 1. The average molecular weight is 293 g/mol. The number of halogens is 1. The van der Waals surface area contributed by atoms with Crippen LogP contribution in [0.3, 0.4) is 0 Å². The van der Waals surface area contributed by atoms with Crippen LogP contribution in [0.1, 0.15) is 17.0 Å². The van der Waals surface area contributed by atoms with Gasteiger partial charge in [0.2, 0.25) is 5.91 Å². The highest BCUT2D eigenvalue weighted by atomic mass is 35.5. The zero-order valence-electron chi connectivity index (χ0n) is 11.7. The number of rotatable bonds is 3. The minimum Gasteiger partial charge on any atom is -0.396 e. The van der Waals surface area contributed by atoms with Crippen molar-refractivity contribution in [1.29, 1.82) is 0 Å². The van der Waals surface area contributed by atoms with E-state index in [9.17, 15) is 4.79 Å². The summed E-state index contributed by atoms with van der Waals surface area (Å²) in [4.78, 5) is 12.0. The number of amides is 1. The van der Waals surface area contributed by atoms with Crippen molar-refractivity contribution in [1.82, 2.24) is 9.78 Å². The van der Waals surface area contributed by atoms with Crippen LogP contribution in [0.2, 0.25) is 5.02 Å². The predicted octanol–water partition coefficient (Wildman–Crippen LogP) is 2.68. The van der Waals surface area contributed by atoms with Gasteiger partial charge in [0.25, 0.3) is 0 Å². The number of benzene rings is 1. The fourth-order valence-corrected chi connectivity index (χ4v) is 2.19. The molecule has 0 radical (unpaired) electrons. The lowest BCUT2D eigenvalue weighted by molar-refractivity contribution is -0.116. The summed E-state index contributed by atoms with van der Waals surface area (Å²) in [5, 5.41) is 7.51. The summed E-state index contributed by atoms with van der Waals surface area (Å²) in [6.45, 7) is 5.69. The molecular formula is C14H17ClN4O. The van der Waals surface area contributed by atoms with E-state index in [0.29, 0.717) is 16.4 Å². The van der Waals surface area contributed by atoms with Crippen molar-refractivity contribution in [3.63, 3.8) is 0 Å². The van der Waals surface area contributed by atoms with Crippen LogP contribution in [0.25, 0.3) is 0 Å². The zero-order chi connectivity index (χ0) is 14.9. The van der Waals surface area contributed by atoms with Crippen LogP contribution >= 0.6 is 11.6 Å². The number of anilines is 2. The van der Waals surface area contributed by atoms with Gasteiger partial charge in [0.1, 0.15) is 6.54 Å². The van der Waals surface area contributed by atoms with E-state index >= 15 is 0 Å². The first-order chi connectivity index (χ1) is 9.38. The summed E-state index contributed by atoms with van der Waals surface area (Å²) in [5.41, 5.74) is 9.60. The standard InChI is InChI=1S/C14H17ClN4O/c1-8-4-5-12(11(15)6-8)17-13(20)7-19-10(3)14(16)9(2)18-19/h4-6H,7,16H2,1-3H3,(H,17,20). The number of carbonyl (C=O) groups excluding carboxylic acids is 1. The SMILES string of the molecule is Cc1ccc(NC(=O)Cn2nc(C)c(N)c2C)c(Cl)c1. The van der Waals surface area contributed by atoms with Crippen LogP contribution in [0.15, 0.2) is 18.2 Å². The Kier molecular flexibility index (Phi) is 3.99. The minimum atomic E-state index is -0.193. The molecule has 3 N–H and O–H groups in total. The molecule has 2 rings (SSSR count). The third-order valence-electron chi connectivity index (χ3n) is 3.13. The fourth-order valence-electron chi connectivity index (χ4n) is 1.91. The van der Waals surface area contributed by atoms with Crippen molar-refractivity contribution >= 4 is 28.9 Å². The van der Waals surface area contributed by atoms with E-state index in [4.69, 9.17) is 17.3 Å². The third-order valence-corrected chi connectivity index (χ3v) is 3.44. The molecule has 5 nitrogen and oxygen atoms in total. The molecule has 1 aromatic heterocycles.